The summed E-state index contributed by atoms with van der Waals surface area (Å²) in [7, 11) is 0. The number of aromatic nitrogens is 2. The first-order valence-corrected chi connectivity index (χ1v) is 7.51. The van der Waals surface area contributed by atoms with Crippen LogP contribution in [0.1, 0.15) is 33.2 Å². The Labute approximate surface area is 132 Å². The first-order valence-electron chi connectivity index (χ1n) is 7.51. The molecule has 0 spiro atoms. The van der Waals surface area contributed by atoms with Crippen LogP contribution in [0.4, 0.5) is 0 Å². The van der Waals surface area contributed by atoms with Gasteiger partial charge in [0, 0.05) is 25.2 Å². The minimum Gasteiger partial charge on any atom is -0.459 e. The van der Waals surface area contributed by atoms with Crippen LogP contribution in [0.5, 0.6) is 0 Å². The van der Waals surface area contributed by atoms with Gasteiger partial charge in [0.2, 0.25) is 0 Å². The number of hydrogen-bond donors (Lipinski definition) is 1. The van der Waals surface area contributed by atoms with E-state index in [-0.39, 0.29) is 17.4 Å². The van der Waals surface area contributed by atoms with Gasteiger partial charge in [0.25, 0.3) is 11.8 Å². The predicted octanol–water partition coefficient (Wildman–Crippen LogP) is 1.02. The quantitative estimate of drug-likeness (QED) is 0.914. The van der Waals surface area contributed by atoms with Gasteiger partial charge in [0.1, 0.15) is 5.69 Å². The Bertz CT molecular complexity index is 756. The molecule has 23 heavy (non-hydrogen) atoms. The molecule has 118 valence electrons. The Balaban J connectivity index is 1.44. The molecule has 0 bridgehead atoms. The number of rotatable bonds is 3. The number of nitrogens with one attached hydrogen (secondary N) is 1. The van der Waals surface area contributed by atoms with E-state index < -0.39 is 0 Å². The molecule has 2 atom stereocenters. The second-order valence-corrected chi connectivity index (χ2v) is 6.22. The summed E-state index contributed by atoms with van der Waals surface area (Å²) in [6.45, 7) is 2.96. The Kier molecular flexibility index (Phi) is 2.97. The predicted molar refractivity (Wildman–Crippen MR) is 79.7 cm³/mol. The molecule has 0 aromatic carbocycles. The van der Waals surface area contributed by atoms with Crippen LogP contribution in [0.3, 0.4) is 0 Å². The lowest BCUT2D eigenvalue weighted by Gasteiger charge is -2.20. The van der Waals surface area contributed by atoms with E-state index in [0.717, 1.165) is 12.1 Å². The third kappa shape index (κ3) is 2.38. The summed E-state index contributed by atoms with van der Waals surface area (Å²) in [5.41, 5.74) is 0.734. The van der Waals surface area contributed by atoms with Crippen molar-refractivity contribution in [2.24, 2.45) is 5.92 Å². The molecule has 7 nitrogen and oxygen atoms in total. The average molecular weight is 312 g/mol. The molecule has 4 rings (SSSR count). The molecule has 1 saturated carbocycles. The van der Waals surface area contributed by atoms with Crippen LogP contribution < -0.4 is 5.32 Å². The summed E-state index contributed by atoms with van der Waals surface area (Å²) in [4.78, 5) is 34.5. The molecule has 1 aliphatic carbocycles. The highest BCUT2D eigenvalue weighted by Gasteiger charge is 2.62. The summed E-state index contributed by atoms with van der Waals surface area (Å²) >= 11 is 0. The lowest BCUT2D eigenvalue weighted by atomic mass is 10.2. The first-order chi connectivity index (χ1) is 11.1. The van der Waals surface area contributed by atoms with Gasteiger partial charge in [0.05, 0.1) is 23.7 Å². The van der Waals surface area contributed by atoms with E-state index in [4.69, 9.17) is 4.42 Å². The highest BCUT2D eigenvalue weighted by Crippen LogP contribution is 2.49. The molecule has 0 unspecified atom stereocenters. The van der Waals surface area contributed by atoms with Crippen LogP contribution >= 0.6 is 0 Å². The van der Waals surface area contributed by atoms with E-state index in [1.165, 1.54) is 12.5 Å². The molecule has 2 aromatic heterocycles. The molecular formula is C16H16N4O3. The van der Waals surface area contributed by atoms with Gasteiger partial charge in [-0.1, -0.05) is 0 Å². The van der Waals surface area contributed by atoms with Crippen LogP contribution in [0, 0.1) is 12.8 Å². The molecular weight excluding hydrogens is 296 g/mol. The van der Waals surface area contributed by atoms with E-state index in [1.807, 2.05) is 6.92 Å². The number of piperidine rings is 1. The van der Waals surface area contributed by atoms with Crippen molar-refractivity contribution in [2.75, 3.05) is 13.1 Å². The number of amides is 2. The van der Waals surface area contributed by atoms with Gasteiger partial charge in [-0.05, 0) is 25.5 Å². The SMILES string of the molecule is Cc1cnc(C(=O)N[C@]23C[C@@H]2CN(C(=O)c2ccco2)C3)cn1. The van der Waals surface area contributed by atoms with E-state index in [0.29, 0.717) is 30.5 Å². The molecule has 0 radical (unpaired) electrons. The third-order valence-corrected chi connectivity index (χ3v) is 4.54. The number of nitrogens with zero attached hydrogens (tertiary/aromatic N) is 3. The van der Waals surface area contributed by atoms with Gasteiger partial charge >= 0.3 is 0 Å². The maximum atomic E-state index is 12.3. The average Bonchev–Trinajstić information content (AvgIpc) is 2.96. The Morgan fingerprint density at radius 1 is 1.39 bits per heavy atom. The highest BCUT2D eigenvalue weighted by molar-refractivity contribution is 5.94. The summed E-state index contributed by atoms with van der Waals surface area (Å²) in [6, 6.07) is 3.34. The minimum absolute atomic E-state index is 0.133. The topological polar surface area (TPSA) is 88.3 Å². The molecule has 7 heteroatoms. The molecule has 1 aliphatic heterocycles. The largest absolute Gasteiger partial charge is 0.459 e. The molecule has 2 aliphatic rings. The number of fused-ring (bicyclic) bond motifs is 1. The molecule has 2 aromatic rings. The number of likely N-dealkylation sites (tertiary alicyclic amines) is 1. The lowest BCUT2D eigenvalue weighted by Crippen LogP contribution is -2.43. The standard InChI is InChI=1S/C16H16N4O3/c1-10-6-18-12(7-17-10)14(21)19-16-5-11(16)8-20(9-16)15(22)13-3-2-4-23-13/h2-4,6-7,11H,5,8-9H2,1H3,(H,19,21)/t11-,16+/m1/s1. The maximum Gasteiger partial charge on any atom is 0.289 e. The second kappa shape index (κ2) is 4.91. The number of carbonyl (C=O) groups is 2. The molecule has 2 amide bonds. The summed E-state index contributed by atoms with van der Waals surface area (Å²) < 4.78 is 5.16. The van der Waals surface area contributed by atoms with Crippen LogP contribution in [-0.2, 0) is 0 Å². The van der Waals surface area contributed by atoms with Crippen LogP contribution in [0.15, 0.2) is 35.2 Å². The smallest absolute Gasteiger partial charge is 0.289 e. The molecule has 1 saturated heterocycles. The van der Waals surface area contributed by atoms with Crippen molar-refractivity contribution in [3.8, 4) is 0 Å². The number of carbonyl (C=O) groups excluding carboxylic acids is 2. The van der Waals surface area contributed by atoms with Crippen molar-refractivity contribution in [2.45, 2.75) is 18.9 Å². The number of furan rings is 1. The zero-order valence-corrected chi connectivity index (χ0v) is 12.7. The van der Waals surface area contributed by atoms with Crippen molar-refractivity contribution in [3.63, 3.8) is 0 Å². The van der Waals surface area contributed by atoms with Crippen LogP contribution in [0.2, 0.25) is 0 Å². The first kappa shape index (κ1) is 13.9. The Morgan fingerprint density at radius 3 is 2.96 bits per heavy atom. The van der Waals surface area contributed by atoms with Crippen LogP contribution in [-0.4, -0.2) is 45.3 Å². The van der Waals surface area contributed by atoms with Crippen molar-refractivity contribution < 1.29 is 14.0 Å². The van der Waals surface area contributed by atoms with Gasteiger partial charge in [-0.2, -0.15) is 0 Å². The highest BCUT2D eigenvalue weighted by atomic mass is 16.3. The maximum absolute atomic E-state index is 12.3. The van der Waals surface area contributed by atoms with E-state index in [1.54, 1.807) is 23.2 Å². The Morgan fingerprint density at radius 2 is 2.26 bits per heavy atom. The summed E-state index contributed by atoms with van der Waals surface area (Å²) in [6.07, 6.45) is 5.41. The van der Waals surface area contributed by atoms with Crippen molar-refractivity contribution in [3.05, 3.63) is 47.9 Å². The summed E-state index contributed by atoms with van der Waals surface area (Å²) in [5.74, 6) is 0.249. The minimum atomic E-state index is -0.327. The van der Waals surface area contributed by atoms with Gasteiger partial charge in [-0.3, -0.25) is 14.6 Å². The van der Waals surface area contributed by atoms with Crippen molar-refractivity contribution in [1.82, 2.24) is 20.2 Å². The zero-order valence-electron chi connectivity index (χ0n) is 12.7. The normalized spacial score (nSPS) is 25.1. The summed E-state index contributed by atoms with van der Waals surface area (Å²) in [5, 5.41) is 3.03. The van der Waals surface area contributed by atoms with Gasteiger partial charge in [-0.25, -0.2) is 4.98 Å². The molecule has 1 N–H and O–H groups in total. The van der Waals surface area contributed by atoms with E-state index >= 15 is 0 Å². The second-order valence-electron chi connectivity index (χ2n) is 6.22. The van der Waals surface area contributed by atoms with Gasteiger partial charge in [-0.15, -0.1) is 0 Å². The van der Waals surface area contributed by atoms with Crippen LogP contribution in [0.25, 0.3) is 0 Å². The fourth-order valence-corrected chi connectivity index (χ4v) is 3.19. The fraction of sp³-hybridized carbons (Fsp3) is 0.375. The molecule has 2 fully saturated rings. The Hall–Kier alpha value is -2.70. The third-order valence-electron chi connectivity index (χ3n) is 4.54. The van der Waals surface area contributed by atoms with Crippen molar-refractivity contribution >= 4 is 11.8 Å². The van der Waals surface area contributed by atoms with Crippen molar-refractivity contribution in [1.29, 1.82) is 0 Å². The molecule has 3 heterocycles. The van der Waals surface area contributed by atoms with E-state index in [9.17, 15) is 9.59 Å². The fourth-order valence-electron chi connectivity index (χ4n) is 3.19. The van der Waals surface area contributed by atoms with Gasteiger partial charge in [0.15, 0.2) is 5.76 Å². The lowest BCUT2D eigenvalue weighted by molar-refractivity contribution is 0.0729. The van der Waals surface area contributed by atoms with Gasteiger partial charge < -0.3 is 14.6 Å². The monoisotopic (exact) mass is 312 g/mol. The number of aryl methyl sites for hydroxylation is 1. The number of hydrogen-bond acceptors (Lipinski definition) is 5. The zero-order chi connectivity index (χ0) is 16.0. The van der Waals surface area contributed by atoms with E-state index in [2.05, 4.69) is 15.3 Å².